The summed E-state index contributed by atoms with van der Waals surface area (Å²) < 4.78 is 11.8. The summed E-state index contributed by atoms with van der Waals surface area (Å²) in [4.78, 5) is 39.7. The van der Waals surface area contributed by atoms with Crippen LogP contribution in [0.1, 0.15) is 47.6 Å². The first kappa shape index (κ1) is 29.0. The third-order valence-corrected chi connectivity index (χ3v) is 7.50. The molecule has 4 rings (SSSR count). The van der Waals surface area contributed by atoms with Crippen molar-refractivity contribution in [2.75, 3.05) is 25.1 Å². The maximum absolute atomic E-state index is 13.1. The lowest BCUT2D eigenvalue weighted by molar-refractivity contribution is -0.123. The highest BCUT2D eigenvalue weighted by Crippen LogP contribution is 2.34. The predicted molar refractivity (Wildman–Crippen MR) is 160 cm³/mol. The topological polar surface area (TPSA) is 84.9 Å². The van der Waals surface area contributed by atoms with Crippen LogP contribution in [0.5, 0.6) is 11.5 Å². The Labute approximate surface area is 239 Å². The number of carbonyl (C=O) groups excluding carboxylic acids is 3. The van der Waals surface area contributed by atoms with Crippen molar-refractivity contribution in [3.05, 3.63) is 93.4 Å². The molecule has 0 unspecified atom stereocenters. The van der Waals surface area contributed by atoms with Gasteiger partial charge in [-0.15, -0.1) is 0 Å². The fourth-order valence-electron chi connectivity index (χ4n) is 4.22. The zero-order chi connectivity index (χ0) is 28.8. The van der Waals surface area contributed by atoms with E-state index in [9.17, 15) is 14.4 Å². The molecular weight excluding hydrogens is 524 g/mol. The van der Waals surface area contributed by atoms with Gasteiger partial charge < -0.3 is 14.8 Å². The number of nitrogens with zero attached hydrogens (tertiary/aromatic N) is 1. The lowest BCUT2D eigenvalue weighted by Crippen LogP contribution is -2.32. The van der Waals surface area contributed by atoms with Crippen molar-refractivity contribution < 1.29 is 23.9 Å². The van der Waals surface area contributed by atoms with Crippen LogP contribution < -0.4 is 14.8 Å². The zero-order valence-electron chi connectivity index (χ0n) is 23.4. The van der Waals surface area contributed by atoms with Gasteiger partial charge >= 0.3 is 0 Å². The molecule has 0 radical (unpaired) electrons. The number of thioether (sulfide) groups is 1. The Morgan fingerprint density at radius 3 is 2.48 bits per heavy atom. The number of nitrogens with one attached hydrogen (secondary N) is 1. The molecule has 1 N–H and O–H groups in total. The van der Waals surface area contributed by atoms with E-state index in [2.05, 4.69) is 19.2 Å². The molecule has 3 aromatic rings. The van der Waals surface area contributed by atoms with E-state index >= 15 is 0 Å². The number of para-hydroxylation sites is 1. The van der Waals surface area contributed by atoms with Crippen molar-refractivity contribution in [2.45, 2.75) is 40.5 Å². The molecule has 1 aliphatic rings. The summed E-state index contributed by atoms with van der Waals surface area (Å²) in [6, 6.07) is 18.9. The number of rotatable bonds is 10. The van der Waals surface area contributed by atoms with Gasteiger partial charge in [-0.3, -0.25) is 19.3 Å². The Hall–Kier alpha value is -4.04. The van der Waals surface area contributed by atoms with Gasteiger partial charge in [0, 0.05) is 11.3 Å². The van der Waals surface area contributed by atoms with Gasteiger partial charge in [0.25, 0.3) is 17.1 Å². The average molecular weight is 559 g/mol. The minimum Gasteiger partial charge on any atom is -0.491 e. The molecule has 40 heavy (non-hydrogen) atoms. The van der Waals surface area contributed by atoms with Gasteiger partial charge in [0.1, 0.15) is 18.1 Å². The van der Waals surface area contributed by atoms with E-state index in [0.29, 0.717) is 21.9 Å². The quantitative estimate of drug-likeness (QED) is 0.274. The van der Waals surface area contributed by atoms with E-state index in [-0.39, 0.29) is 42.7 Å². The number of benzene rings is 3. The summed E-state index contributed by atoms with van der Waals surface area (Å²) >= 11 is 0.879. The first-order valence-electron chi connectivity index (χ1n) is 13.2. The van der Waals surface area contributed by atoms with Gasteiger partial charge in [-0.2, -0.15) is 0 Å². The average Bonchev–Trinajstić information content (AvgIpc) is 3.17. The molecule has 0 bridgehead atoms. The van der Waals surface area contributed by atoms with Crippen molar-refractivity contribution in [3.8, 4) is 11.5 Å². The van der Waals surface area contributed by atoms with Gasteiger partial charge in [-0.1, -0.05) is 50.2 Å². The van der Waals surface area contributed by atoms with Crippen LogP contribution in [0.15, 0.2) is 65.6 Å². The van der Waals surface area contributed by atoms with E-state index < -0.39 is 0 Å². The molecule has 1 aliphatic heterocycles. The Morgan fingerprint density at radius 1 is 0.950 bits per heavy atom. The number of imide groups is 1. The summed E-state index contributed by atoms with van der Waals surface area (Å²) in [6.45, 7) is 10.3. The molecule has 7 nitrogen and oxygen atoms in total. The highest BCUT2D eigenvalue weighted by atomic mass is 32.2. The number of hydrogen-bond acceptors (Lipinski definition) is 6. The normalized spacial score (nSPS) is 14.2. The summed E-state index contributed by atoms with van der Waals surface area (Å²) in [5, 5.41) is 2.49. The van der Waals surface area contributed by atoms with Gasteiger partial charge in [0.15, 0.2) is 6.61 Å². The van der Waals surface area contributed by atoms with E-state index in [4.69, 9.17) is 9.47 Å². The second kappa shape index (κ2) is 12.9. The minimum absolute atomic E-state index is 0.143. The number of hydrogen-bond donors (Lipinski definition) is 1. The molecule has 1 fully saturated rings. The van der Waals surface area contributed by atoms with E-state index in [1.807, 2.05) is 57.2 Å². The zero-order valence-corrected chi connectivity index (χ0v) is 24.3. The Kier molecular flexibility index (Phi) is 9.32. The molecule has 0 atom stereocenters. The second-order valence-electron chi connectivity index (χ2n) is 10.1. The number of carbonyl (C=O) groups is 3. The summed E-state index contributed by atoms with van der Waals surface area (Å²) in [5.41, 5.74) is 5.69. The van der Waals surface area contributed by atoms with E-state index in [1.165, 1.54) is 4.90 Å². The van der Waals surface area contributed by atoms with Crippen molar-refractivity contribution >= 4 is 40.6 Å². The maximum Gasteiger partial charge on any atom is 0.293 e. The van der Waals surface area contributed by atoms with Crippen LogP contribution in [0.3, 0.4) is 0 Å². The van der Waals surface area contributed by atoms with Crippen LogP contribution in [0.25, 0.3) is 6.08 Å². The van der Waals surface area contributed by atoms with Gasteiger partial charge in [0.2, 0.25) is 0 Å². The standard InChI is InChI=1S/C32H34N2O5S/c1-20(2)26-13-10-21(3)16-28(26)38-15-14-34-31(36)29(40-32(34)37)18-24-8-6-7-9-27(24)39-19-30(35)33-25-12-11-22(4)23(5)17-25/h6-13,16-18,20H,14-15,19H2,1-5H3,(H,33,35)/b29-18-. The van der Waals surface area contributed by atoms with Crippen molar-refractivity contribution in [2.24, 2.45) is 0 Å². The van der Waals surface area contributed by atoms with Crippen LogP contribution in [-0.4, -0.2) is 41.7 Å². The Morgan fingerprint density at radius 2 is 1.73 bits per heavy atom. The van der Waals surface area contributed by atoms with Crippen LogP contribution in [-0.2, 0) is 9.59 Å². The minimum atomic E-state index is -0.380. The summed E-state index contributed by atoms with van der Waals surface area (Å²) in [7, 11) is 0. The van der Waals surface area contributed by atoms with Crippen molar-refractivity contribution in [3.63, 3.8) is 0 Å². The Balaban J connectivity index is 1.38. The molecular formula is C32H34N2O5S. The molecule has 8 heteroatoms. The van der Waals surface area contributed by atoms with E-state index in [1.54, 1.807) is 30.3 Å². The predicted octanol–water partition coefficient (Wildman–Crippen LogP) is 6.87. The third kappa shape index (κ3) is 7.12. The third-order valence-electron chi connectivity index (χ3n) is 6.59. The number of amides is 3. The molecule has 0 aliphatic carbocycles. The summed E-state index contributed by atoms with van der Waals surface area (Å²) in [5.74, 6) is 0.816. The van der Waals surface area contributed by atoms with Gasteiger partial charge in [-0.25, -0.2) is 0 Å². The molecule has 3 aromatic carbocycles. The highest BCUT2D eigenvalue weighted by molar-refractivity contribution is 8.18. The maximum atomic E-state index is 13.1. The lowest BCUT2D eigenvalue weighted by atomic mass is 10.0. The number of ether oxygens (including phenoxy) is 2. The van der Waals surface area contributed by atoms with Gasteiger partial charge in [-0.05, 0) is 91.0 Å². The van der Waals surface area contributed by atoms with Crippen molar-refractivity contribution in [1.29, 1.82) is 0 Å². The highest BCUT2D eigenvalue weighted by Gasteiger charge is 2.35. The molecule has 3 amide bonds. The number of aryl methyl sites for hydroxylation is 3. The molecule has 0 spiro atoms. The van der Waals surface area contributed by atoms with Crippen molar-refractivity contribution in [1.82, 2.24) is 4.90 Å². The number of anilines is 1. The molecule has 1 saturated heterocycles. The van der Waals surface area contributed by atoms with E-state index in [0.717, 1.165) is 39.8 Å². The summed E-state index contributed by atoms with van der Waals surface area (Å²) in [6.07, 6.45) is 1.62. The smallest absolute Gasteiger partial charge is 0.293 e. The van der Waals surface area contributed by atoms with Gasteiger partial charge in [0.05, 0.1) is 11.4 Å². The Bertz CT molecular complexity index is 1460. The first-order valence-corrected chi connectivity index (χ1v) is 14.0. The monoisotopic (exact) mass is 558 g/mol. The first-order chi connectivity index (χ1) is 19.1. The lowest BCUT2D eigenvalue weighted by Gasteiger charge is -2.17. The largest absolute Gasteiger partial charge is 0.491 e. The fraction of sp³-hybridized carbons (Fsp3) is 0.281. The molecule has 0 saturated carbocycles. The molecule has 0 aromatic heterocycles. The van der Waals surface area contributed by atoms with Crippen LogP contribution in [0, 0.1) is 20.8 Å². The molecule has 1 heterocycles. The van der Waals surface area contributed by atoms with Crippen LogP contribution >= 0.6 is 11.8 Å². The SMILES string of the molecule is Cc1ccc(C(C)C)c(OCCN2C(=O)S/C(=C\c3ccccc3OCC(=O)Nc3ccc(C)c(C)c3)C2=O)c1. The second-order valence-corrected chi connectivity index (χ2v) is 11.0. The fourth-order valence-corrected chi connectivity index (χ4v) is 5.07. The molecule has 208 valence electrons. The van der Waals surface area contributed by atoms with Crippen LogP contribution in [0.2, 0.25) is 0 Å². The van der Waals surface area contributed by atoms with Crippen LogP contribution in [0.4, 0.5) is 10.5 Å².